The molecule has 2 heterocycles. The van der Waals surface area contributed by atoms with Crippen LogP contribution in [-0.4, -0.2) is 47.6 Å². The van der Waals surface area contributed by atoms with Crippen LogP contribution in [0, 0.1) is 13.8 Å². The van der Waals surface area contributed by atoms with E-state index in [1.165, 1.54) is 7.05 Å². The summed E-state index contributed by atoms with van der Waals surface area (Å²) < 4.78 is 32.4. The van der Waals surface area contributed by atoms with Crippen LogP contribution in [0.4, 0.5) is 5.69 Å². The fourth-order valence-electron chi connectivity index (χ4n) is 3.05. The second-order valence-electron chi connectivity index (χ2n) is 5.78. The van der Waals surface area contributed by atoms with Crippen LogP contribution in [0.2, 0.25) is 1.41 Å². The average Bonchev–Trinajstić information content (AvgIpc) is 2.88. The smallest absolute Gasteiger partial charge is 0.255 e. The lowest BCUT2D eigenvalue weighted by molar-refractivity contribution is -0.150. The monoisotopic (exact) mass is 319 g/mol. The number of fused-ring (bicyclic) bond motifs is 1. The molecule has 1 saturated heterocycles. The number of hydrogen-bond donors (Lipinski definition) is 1. The lowest BCUT2D eigenvalue weighted by Gasteiger charge is -2.33. The Kier molecular flexibility index (Phi) is 2.62. The molecule has 6 nitrogen and oxygen atoms in total. The molecule has 0 aliphatic carbocycles. The summed E-state index contributed by atoms with van der Waals surface area (Å²) in [7, 11) is 2.65. The maximum Gasteiger partial charge on any atom is 0.255 e. The molecule has 0 saturated carbocycles. The van der Waals surface area contributed by atoms with Gasteiger partial charge in [0.25, 0.3) is 11.8 Å². The molecule has 0 radical (unpaired) electrons. The fourth-order valence-corrected chi connectivity index (χ4v) is 3.05. The molecule has 1 aromatic rings. The number of likely N-dealkylation sites (N-methyl/N-ethyl adjacent to an activating group) is 1. The fraction of sp³-hybridized carbons (Fsp3) is 0.471. The Morgan fingerprint density at radius 3 is 2.74 bits per heavy atom. The highest BCUT2D eigenvalue weighted by atomic mass is 16.2. The van der Waals surface area contributed by atoms with E-state index in [1.807, 2.05) is 13.8 Å². The molecule has 1 N–H and O–H groups in total. The number of imide groups is 1. The van der Waals surface area contributed by atoms with Gasteiger partial charge >= 0.3 is 0 Å². The van der Waals surface area contributed by atoms with E-state index in [0.717, 1.165) is 28.4 Å². The first-order valence-corrected chi connectivity index (χ1v) is 7.33. The average molecular weight is 319 g/mol. The zero-order valence-electron chi connectivity index (χ0n) is 17.6. The van der Waals surface area contributed by atoms with Crippen molar-refractivity contribution >= 4 is 23.4 Å². The molecule has 0 spiro atoms. The van der Waals surface area contributed by atoms with Crippen molar-refractivity contribution in [3.05, 3.63) is 28.3 Å². The van der Waals surface area contributed by atoms with Crippen LogP contribution in [0.25, 0.3) is 0 Å². The Bertz CT molecular complexity index is 887. The molecule has 0 bridgehead atoms. The van der Waals surface area contributed by atoms with E-state index in [9.17, 15) is 14.4 Å². The van der Waals surface area contributed by atoms with Gasteiger partial charge in [0.15, 0.2) is 1.41 Å². The molecular formula is C17H21N3O3. The van der Waals surface area contributed by atoms with Gasteiger partial charge in [-0.25, -0.2) is 0 Å². The predicted octanol–water partition coefficient (Wildman–Crippen LogP) is 1.45. The number of hydrogen-bond acceptors (Lipinski definition) is 4. The summed E-state index contributed by atoms with van der Waals surface area (Å²) in [5.74, 6) is -2.52. The second-order valence-corrected chi connectivity index (χ2v) is 5.78. The molecule has 1 fully saturated rings. The number of likely N-dealkylation sites (tertiary alicyclic amines) is 1. The minimum absolute atomic E-state index is 0.0960. The number of rotatable bonds is 2. The Hall–Kier alpha value is -2.37. The van der Waals surface area contributed by atoms with E-state index in [2.05, 4.69) is 0 Å². The van der Waals surface area contributed by atoms with Gasteiger partial charge in [0.2, 0.25) is 5.91 Å². The quantitative estimate of drug-likeness (QED) is 0.838. The number of carbonyl (C=O) groups is 3. The van der Waals surface area contributed by atoms with Crippen molar-refractivity contribution in [3.8, 4) is 0 Å². The lowest BCUT2D eigenvalue weighted by Crippen LogP contribution is -2.53. The highest BCUT2D eigenvalue weighted by Gasteiger charge is 2.42. The van der Waals surface area contributed by atoms with Crippen LogP contribution in [-0.2, 0) is 16.1 Å². The summed E-state index contributed by atoms with van der Waals surface area (Å²) in [4.78, 5) is 39.3. The highest BCUT2D eigenvalue weighted by Crippen LogP contribution is 2.36. The summed E-state index contributed by atoms with van der Waals surface area (Å²) in [5, 5.41) is 1.15. The molecule has 1 atom stereocenters. The standard InChI is InChI=1S/C17H21N3O3/c1-9-7-11-12(15(18-3)10(9)2)8-20(16(11)22)13-5-6-14(21)19(4)17(13)23/h7,13,18H,5-6,8H2,1-4H3/i6D2,13D/hD. The Balaban J connectivity index is 2.12. The molecule has 3 rings (SSSR count). The van der Waals surface area contributed by atoms with Crippen LogP contribution in [0.15, 0.2) is 6.07 Å². The normalized spacial score (nSPS) is 29.0. The van der Waals surface area contributed by atoms with Gasteiger partial charge in [-0.1, -0.05) is 0 Å². The van der Waals surface area contributed by atoms with Gasteiger partial charge in [0.05, 0.1) is 1.37 Å². The van der Waals surface area contributed by atoms with E-state index in [-0.39, 0.29) is 6.54 Å². The first-order chi connectivity index (χ1) is 12.3. The van der Waals surface area contributed by atoms with Crippen molar-refractivity contribution in [1.82, 2.24) is 9.80 Å². The van der Waals surface area contributed by atoms with Crippen molar-refractivity contribution in [3.63, 3.8) is 0 Å². The van der Waals surface area contributed by atoms with Gasteiger partial charge in [-0.15, -0.1) is 0 Å². The maximum atomic E-state index is 13.0. The molecule has 0 aromatic heterocycles. The van der Waals surface area contributed by atoms with E-state index < -0.39 is 36.5 Å². The number of aryl methyl sites for hydroxylation is 1. The SMILES string of the molecule is [2H]N(C)c1c(C)c(C)cc2c1CN(C1([2H])CC([2H])([2H])C(=O)N(C)C1=O)C2=O. The first-order valence-electron chi connectivity index (χ1n) is 9.28. The molecule has 3 amide bonds. The van der Waals surface area contributed by atoms with Gasteiger partial charge in [0.1, 0.15) is 6.02 Å². The molecule has 122 valence electrons. The van der Waals surface area contributed by atoms with Crippen LogP contribution in [0.1, 0.15) is 44.0 Å². The summed E-state index contributed by atoms with van der Waals surface area (Å²) >= 11 is 0. The zero-order chi connectivity index (χ0) is 20.5. The zero-order valence-corrected chi connectivity index (χ0v) is 13.6. The van der Waals surface area contributed by atoms with E-state index >= 15 is 0 Å². The highest BCUT2D eigenvalue weighted by molar-refractivity contribution is 6.06. The van der Waals surface area contributed by atoms with Crippen molar-refractivity contribution in [2.45, 2.75) is 39.2 Å². The van der Waals surface area contributed by atoms with Gasteiger partial charge < -0.3 is 10.2 Å². The van der Waals surface area contributed by atoms with Crippen molar-refractivity contribution in [2.24, 2.45) is 0 Å². The topological polar surface area (TPSA) is 69.7 Å². The van der Waals surface area contributed by atoms with Crippen molar-refractivity contribution in [1.29, 1.82) is 0 Å². The molecule has 2 aliphatic heterocycles. The Morgan fingerprint density at radius 1 is 1.39 bits per heavy atom. The third-order valence-electron chi connectivity index (χ3n) is 4.52. The van der Waals surface area contributed by atoms with Crippen molar-refractivity contribution in [2.75, 3.05) is 19.4 Å². The first kappa shape index (κ1) is 11.2. The number of piperidine rings is 1. The number of amides is 3. The van der Waals surface area contributed by atoms with E-state index in [4.69, 9.17) is 5.52 Å². The van der Waals surface area contributed by atoms with Gasteiger partial charge in [0, 0.05) is 46.6 Å². The largest absolute Gasteiger partial charge is 0.388 e. The number of nitrogens with zero attached hydrogens (tertiary/aromatic N) is 2. The van der Waals surface area contributed by atoms with Gasteiger partial charge in [-0.2, -0.15) is 0 Å². The molecule has 1 unspecified atom stereocenters. The third kappa shape index (κ3) is 2.20. The third-order valence-corrected chi connectivity index (χ3v) is 4.52. The Morgan fingerprint density at radius 2 is 2.09 bits per heavy atom. The maximum absolute atomic E-state index is 13.0. The van der Waals surface area contributed by atoms with Crippen LogP contribution >= 0.6 is 0 Å². The molecule has 6 heteroatoms. The lowest BCUT2D eigenvalue weighted by atomic mass is 9.98. The predicted molar refractivity (Wildman–Crippen MR) is 86.1 cm³/mol. The molecule has 23 heavy (non-hydrogen) atoms. The number of carbonyl (C=O) groups excluding carboxylic acids is 3. The van der Waals surface area contributed by atoms with Crippen LogP contribution < -0.4 is 5.31 Å². The van der Waals surface area contributed by atoms with Crippen molar-refractivity contribution < 1.29 is 19.9 Å². The number of benzene rings is 1. The molecule has 2 aliphatic rings. The number of nitrogens with one attached hydrogen (secondary N) is 1. The summed E-state index contributed by atoms with van der Waals surface area (Å²) in [5.41, 5.74) is 2.97. The Labute approximate surface area is 141 Å². The summed E-state index contributed by atoms with van der Waals surface area (Å²) in [6.45, 7) is 3.55. The van der Waals surface area contributed by atoms with Gasteiger partial charge in [-0.3, -0.25) is 19.3 Å². The summed E-state index contributed by atoms with van der Waals surface area (Å²) in [6.07, 6.45) is -3.16. The van der Waals surface area contributed by atoms with E-state index in [1.54, 1.807) is 6.07 Å². The van der Waals surface area contributed by atoms with Gasteiger partial charge in [-0.05, 0) is 37.5 Å². The second kappa shape index (κ2) is 5.37. The molecule has 1 aromatic carbocycles. The minimum Gasteiger partial charge on any atom is -0.388 e. The summed E-state index contributed by atoms with van der Waals surface area (Å²) in [6, 6.07) is -0.567. The van der Waals surface area contributed by atoms with E-state index in [0.29, 0.717) is 21.7 Å². The number of anilines is 1. The van der Waals surface area contributed by atoms with Crippen LogP contribution in [0.5, 0.6) is 0 Å². The molecular weight excluding hydrogens is 294 g/mol. The van der Waals surface area contributed by atoms with Crippen LogP contribution in [0.3, 0.4) is 0 Å². The minimum atomic E-state index is -2.43.